The number of anilines is 1. The largest absolute Gasteiger partial charge is 0.399 e. The third-order valence-electron chi connectivity index (χ3n) is 2.47. The van der Waals surface area contributed by atoms with Gasteiger partial charge in [-0.15, -0.1) is 12.4 Å². The normalized spacial score (nSPS) is 21.1. The van der Waals surface area contributed by atoms with E-state index in [0.717, 1.165) is 18.8 Å². The van der Waals surface area contributed by atoms with Crippen LogP contribution in [-0.2, 0) is 0 Å². The summed E-state index contributed by atoms with van der Waals surface area (Å²) in [4.78, 5) is 0. The van der Waals surface area contributed by atoms with Crippen LogP contribution in [0.4, 0.5) is 5.69 Å². The van der Waals surface area contributed by atoms with Crippen molar-refractivity contribution in [3.05, 3.63) is 29.8 Å². The van der Waals surface area contributed by atoms with Gasteiger partial charge in [0, 0.05) is 12.2 Å². The highest BCUT2D eigenvalue weighted by atomic mass is 35.5. The molecule has 0 saturated carbocycles. The van der Waals surface area contributed by atoms with Gasteiger partial charge in [0.2, 0.25) is 0 Å². The molecule has 1 unspecified atom stereocenters. The Hall–Kier alpha value is -0.730. The van der Waals surface area contributed by atoms with Gasteiger partial charge in [-0.2, -0.15) is 0 Å². The number of nitrogen functional groups attached to an aromatic ring is 1. The average molecular weight is 199 g/mol. The molecule has 72 valence electrons. The summed E-state index contributed by atoms with van der Waals surface area (Å²) in [6.45, 7) is 2.26. The molecule has 0 amide bonds. The first-order valence-corrected chi connectivity index (χ1v) is 4.42. The quantitative estimate of drug-likeness (QED) is 0.675. The number of benzene rings is 1. The van der Waals surface area contributed by atoms with Crippen molar-refractivity contribution < 1.29 is 0 Å². The zero-order valence-electron chi connectivity index (χ0n) is 7.49. The molecule has 2 rings (SSSR count). The number of nitrogens with one attached hydrogen (secondary N) is 1. The maximum Gasteiger partial charge on any atom is 0.0314 e. The predicted molar refractivity (Wildman–Crippen MR) is 58.3 cm³/mol. The fourth-order valence-corrected chi connectivity index (χ4v) is 1.71. The Balaban J connectivity index is 0.000000845. The Morgan fingerprint density at radius 2 is 1.92 bits per heavy atom. The van der Waals surface area contributed by atoms with Crippen LogP contribution in [0.2, 0.25) is 0 Å². The third-order valence-corrected chi connectivity index (χ3v) is 2.47. The molecular formula is C10H15ClN2. The lowest BCUT2D eigenvalue weighted by atomic mass is 9.98. The van der Waals surface area contributed by atoms with E-state index in [0.29, 0.717) is 5.92 Å². The molecule has 3 heteroatoms. The van der Waals surface area contributed by atoms with Crippen LogP contribution in [0.5, 0.6) is 0 Å². The molecule has 1 saturated heterocycles. The molecule has 13 heavy (non-hydrogen) atoms. The van der Waals surface area contributed by atoms with Crippen LogP contribution in [0.15, 0.2) is 24.3 Å². The van der Waals surface area contributed by atoms with Crippen molar-refractivity contribution in [2.24, 2.45) is 0 Å². The second-order valence-electron chi connectivity index (χ2n) is 3.36. The molecule has 2 nitrogen and oxygen atoms in total. The minimum atomic E-state index is 0. The topological polar surface area (TPSA) is 38.0 Å². The van der Waals surface area contributed by atoms with Crippen LogP contribution in [0.3, 0.4) is 0 Å². The van der Waals surface area contributed by atoms with Gasteiger partial charge in [0.25, 0.3) is 0 Å². The van der Waals surface area contributed by atoms with E-state index in [2.05, 4.69) is 17.4 Å². The van der Waals surface area contributed by atoms with Gasteiger partial charge >= 0.3 is 0 Å². The van der Waals surface area contributed by atoms with Crippen molar-refractivity contribution in [3.8, 4) is 0 Å². The van der Waals surface area contributed by atoms with E-state index in [1.165, 1.54) is 12.0 Å². The summed E-state index contributed by atoms with van der Waals surface area (Å²) in [7, 11) is 0. The van der Waals surface area contributed by atoms with Crippen LogP contribution >= 0.6 is 12.4 Å². The smallest absolute Gasteiger partial charge is 0.0314 e. The zero-order chi connectivity index (χ0) is 8.39. The fraction of sp³-hybridized carbons (Fsp3) is 0.400. The molecule has 0 aliphatic carbocycles. The molecule has 1 aromatic rings. The lowest BCUT2D eigenvalue weighted by Gasteiger charge is -2.07. The average Bonchev–Trinajstić information content (AvgIpc) is 2.58. The molecular weight excluding hydrogens is 184 g/mol. The molecule has 1 aliphatic rings. The summed E-state index contributed by atoms with van der Waals surface area (Å²) in [5.74, 6) is 0.700. The van der Waals surface area contributed by atoms with Gasteiger partial charge in [0.15, 0.2) is 0 Å². The summed E-state index contributed by atoms with van der Waals surface area (Å²) in [6.07, 6.45) is 1.25. The molecule has 1 aliphatic heterocycles. The first-order valence-electron chi connectivity index (χ1n) is 4.42. The Morgan fingerprint density at radius 1 is 1.23 bits per heavy atom. The van der Waals surface area contributed by atoms with E-state index in [-0.39, 0.29) is 12.4 Å². The highest BCUT2D eigenvalue weighted by Crippen LogP contribution is 2.22. The van der Waals surface area contributed by atoms with Gasteiger partial charge in [0.1, 0.15) is 0 Å². The second-order valence-corrected chi connectivity index (χ2v) is 3.36. The molecule has 3 N–H and O–H groups in total. The SMILES string of the molecule is Cl.Nc1ccc(C2CCNC2)cc1. The van der Waals surface area contributed by atoms with E-state index >= 15 is 0 Å². The van der Waals surface area contributed by atoms with Crippen LogP contribution < -0.4 is 11.1 Å². The van der Waals surface area contributed by atoms with Gasteiger partial charge in [-0.05, 0) is 36.6 Å². The molecule has 0 spiro atoms. The maximum atomic E-state index is 5.61. The Kier molecular flexibility index (Phi) is 3.58. The summed E-state index contributed by atoms with van der Waals surface area (Å²) in [5.41, 5.74) is 7.87. The predicted octanol–water partition coefficient (Wildman–Crippen LogP) is 1.77. The zero-order valence-corrected chi connectivity index (χ0v) is 8.31. The van der Waals surface area contributed by atoms with Gasteiger partial charge in [-0.1, -0.05) is 12.1 Å². The van der Waals surface area contributed by atoms with Crippen molar-refractivity contribution in [2.75, 3.05) is 18.8 Å². The van der Waals surface area contributed by atoms with Crippen molar-refractivity contribution in [1.29, 1.82) is 0 Å². The van der Waals surface area contributed by atoms with Gasteiger partial charge in [0.05, 0.1) is 0 Å². The van der Waals surface area contributed by atoms with Gasteiger partial charge < -0.3 is 11.1 Å². The van der Waals surface area contributed by atoms with Crippen LogP contribution in [0.25, 0.3) is 0 Å². The van der Waals surface area contributed by atoms with Crippen LogP contribution in [0.1, 0.15) is 17.9 Å². The van der Waals surface area contributed by atoms with Crippen molar-refractivity contribution >= 4 is 18.1 Å². The lowest BCUT2D eigenvalue weighted by molar-refractivity contribution is 0.764. The number of rotatable bonds is 1. The Morgan fingerprint density at radius 3 is 2.46 bits per heavy atom. The number of halogens is 1. The molecule has 1 fully saturated rings. The highest BCUT2D eigenvalue weighted by Gasteiger charge is 2.15. The van der Waals surface area contributed by atoms with Crippen molar-refractivity contribution in [2.45, 2.75) is 12.3 Å². The Bertz CT molecular complexity index is 252. The summed E-state index contributed by atoms with van der Waals surface area (Å²) < 4.78 is 0. The summed E-state index contributed by atoms with van der Waals surface area (Å²) >= 11 is 0. The van der Waals surface area contributed by atoms with Gasteiger partial charge in [-0.25, -0.2) is 0 Å². The number of nitrogens with two attached hydrogens (primary N) is 1. The lowest BCUT2D eigenvalue weighted by Crippen LogP contribution is -2.07. The van der Waals surface area contributed by atoms with Crippen LogP contribution in [-0.4, -0.2) is 13.1 Å². The van der Waals surface area contributed by atoms with E-state index in [4.69, 9.17) is 5.73 Å². The Labute approximate surface area is 84.9 Å². The van der Waals surface area contributed by atoms with E-state index in [1.807, 2.05) is 12.1 Å². The van der Waals surface area contributed by atoms with Crippen molar-refractivity contribution in [3.63, 3.8) is 0 Å². The summed E-state index contributed by atoms with van der Waals surface area (Å²) in [5, 5.41) is 3.35. The van der Waals surface area contributed by atoms with E-state index in [1.54, 1.807) is 0 Å². The number of hydrogen-bond acceptors (Lipinski definition) is 2. The summed E-state index contributed by atoms with van der Waals surface area (Å²) in [6, 6.07) is 8.22. The molecule has 1 atom stereocenters. The standard InChI is InChI=1S/C10H14N2.ClH/c11-10-3-1-8(2-4-10)9-5-6-12-7-9;/h1-4,9,12H,5-7,11H2;1H. The second kappa shape index (κ2) is 4.49. The molecule has 0 bridgehead atoms. The third kappa shape index (κ3) is 2.36. The van der Waals surface area contributed by atoms with Crippen molar-refractivity contribution in [1.82, 2.24) is 5.32 Å². The number of hydrogen-bond donors (Lipinski definition) is 2. The molecule has 1 heterocycles. The van der Waals surface area contributed by atoms with Crippen LogP contribution in [0, 0.1) is 0 Å². The fourth-order valence-electron chi connectivity index (χ4n) is 1.71. The highest BCUT2D eigenvalue weighted by molar-refractivity contribution is 5.85. The first kappa shape index (κ1) is 10.4. The van der Waals surface area contributed by atoms with E-state index in [9.17, 15) is 0 Å². The van der Waals surface area contributed by atoms with Gasteiger partial charge in [-0.3, -0.25) is 0 Å². The van der Waals surface area contributed by atoms with E-state index < -0.39 is 0 Å². The molecule has 1 aromatic carbocycles. The monoisotopic (exact) mass is 198 g/mol. The minimum absolute atomic E-state index is 0. The molecule has 0 radical (unpaired) electrons. The maximum absolute atomic E-state index is 5.61. The minimum Gasteiger partial charge on any atom is -0.399 e. The first-order chi connectivity index (χ1) is 5.86. The molecule has 0 aromatic heterocycles.